The molecule has 0 fully saturated rings. The number of benzene rings is 1. The fourth-order valence-corrected chi connectivity index (χ4v) is 2.49. The summed E-state index contributed by atoms with van der Waals surface area (Å²) in [6, 6.07) is 7.57. The maximum absolute atomic E-state index is 9.94. The molecular formula is C13H13N3O2S. The molecule has 3 rings (SSSR count). The first-order valence-electron chi connectivity index (χ1n) is 5.82. The predicted molar refractivity (Wildman–Crippen MR) is 76.2 cm³/mol. The molecule has 3 aromatic rings. The molecule has 6 heteroatoms. The van der Waals surface area contributed by atoms with Crippen LogP contribution in [0.2, 0.25) is 0 Å². The third kappa shape index (κ3) is 2.54. The highest BCUT2D eigenvalue weighted by atomic mass is 32.1. The first-order valence-corrected chi connectivity index (χ1v) is 6.77. The summed E-state index contributed by atoms with van der Waals surface area (Å²) in [6.07, 6.45) is -0.577. The zero-order valence-corrected chi connectivity index (χ0v) is 10.9. The molecule has 0 aliphatic carbocycles. The summed E-state index contributed by atoms with van der Waals surface area (Å²) >= 11 is 1.55. The number of hydrogen-bond donors (Lipinski definition) is 3. The molecule has 5 nitrogen and oxygen atoms in total. The number of hydrogen-bond acceptors (Lipinski definition) is 6. The van der Waals surface area contributed by atoms with Gasteiger partial charge in [0.25, 0.3) is 6.01 Å². The lowest BCUT2D eigenvalue weighted by molar-refractivity contribution is 0.191. The van der Waals surface area contributed by atoms with E-state index in [1.807, 2.05) is 16.8 Å². The summed E-state index contributed by atoms with van der Waals surface area (Å²) in [5.41, 5.74) is 8.56. The minimum atomic E-state index is -0.577. The van der Waals surface area contributed by atoms with Gasteiger partial charge in [0, 0.05) is 18.3 Å². The number of nitrogens with zero attached hydrogens (tertiary/aromatic N) is 1. The van der Waals surface area contributed by atoms with Crippen LogP contribution in [0.1, 0.15) is 11.7 Å². The van der Waals surface area contributed by atoms with Gasteiger partial charge in [-0.2, -0.15) is 16.3 Å². The number of nitrogens with two attached hydrogens (primary N) is 1. The SMILES string of the molecule is Nc1ccc2nc(NCC(O)c3ccsc3)oc2c1. The normalized spacial score (nSPS) is 12.7. The van der Waals surface area contributed by atoms with Crippen LogP contribution in [0.25, 0.3) is 11.1 Å². The van der Waals surface area contributed by atoms with Gasteiger partial charge in [-0.15, -0.1) is 0 Å². The van der Waals surface area contributed by atoms with Crippen molar-refractivity contribution in [1.82, 2.24) is 4.98 Å². The molecule has 1 aromatic carbocycles. The van der Waals surface area contributed by atoms with Crippen molar-refractivity contribution in [3.8, 4) is 0 Å². The number of fused-ring (bicyclic) bond motifs is 1. The van der Waals surface area contributed by atoms with Crippen molar-refractivity contribution in [3.63, 3.8) is 0 Å². The van der Waals surface area contributed by atoms with Gasteiger partial charge in [-0.3, -0.25) is 0 Å². The Morgan fingerprint density at radius 1 is 1.42 bits per heavy atom. The van der Waals surface area contributed by atoms with E-state index < -0.39 is 6.10 Å². The van der Waals surface area contributed by atoms with E-state index in [4.69, 9.17) is 10.2 Å². The van der Waals surface area contributed by atoms with Crippen molar-refractivity contribution < 1.29 is 9.52 Å². The molecule has 0 bridgehead atoms. The Morgan fingerprint density at radius 2 is 2.32 bits per heavy atom. The molecule has 0 spiro atoms. The fourth-order valence-electron chi connectivity index (χ4n) is 1.78. The quantitative estimate of drug-likeness (QED) is 0.637. The monoisotopic (exact) mass is 275 g/mol. The summed E-state index contributed by atoms with van der Waals surface area (Å²) < 4.78 is 5.51. The third-order valence-electron chi connectivity index (χ3n) is 2.79. The maximum Gasteiger partial charge on any atom is 0.295 e. The molecule has 1 unspecified atom stereocenters. The van der Waals surface area contributed by atoms with E-state index in [2.05, 4.69) is 10.3 Å². The minimum Gasteiger partial charge on any atom is -0.423 e. The summed E-state index contributed by atoms with van der Waals surface area (Å²) in [6.45, 7) is 0.346. The van der Waals surface area contributed by atoms with Gasteiger partial charge in [0.2, 0.25) is 0 Å². The highest BCUT2D eigenvalue weighted by molar-refractivity contribution is 7.07. The number of aliphatic hydroxyl groups excluding tert-OH is 1. The topological polar surface area (TPSA) is 84.3 Å². The van der Waals surface area contributed by atoms with Gasteiger partial charge in [-0.25, -0.2) is 0 Å². The smallest absolute Gasteiger partial charge is 0.295 e. The predicted octanol–water partition coefficient (Wildman–Crippen LogP) is 2.62. The Morgan fingerprint density at radius 3 is 3.11 bits per heavy atom. The molecule has 0 saturated heterocycles. The zero-order chi connectivity index (χ0) is 13.2. The Kier molecular flexibility index (Phi) is 3.10. The van der Waals surface area contributed by atoms with E-state index in [-0.39, 0.29) is 0 Å². The van der Waals surface area contributed by atoms with Gasteiger partial charge in [0.15, 0.2) is 5.58 Å². The first kappa shape index (κ1) is 12.0. The van der Waals surface area contributed by atoms with Gasteiger partial charge in [-0.1, -0.05) is 0 Å². The van der Waals surface area contributed by atoms with Gasteiger partial charge in [-0.05, 0) is 34.5 Å². The summed E-state index contributed by atoms with van der Waals surface area (Å²) in [5.74, 6) is 0. The largest absolute Gasteiger partial charge is 0.423 e. The number of aliphatic hydroxyl groups is 1. The standard InChI is InChI=1S/C13H13N3O2S/c14-9-1-2-10-12(5-9)18-13(16-10)15-6-11(17)8-3-4-19-7-8/h1-5,7,11,17H,6,14H2,(H,15,16). The molecule has 0 radical (unpaired) electrons. The van der Waals surface area contributed by atoms with E-state index >= 15 is 0 Å². The molecular weight excluding hydrogens is 262 g/mol. The molecule has 19 heavy (non-hydrogen) atoms. The van der Waals surface area contributed by atoms with Crippen LogP contribution in [0.3, 0.4) is 0 Å². The molecule has 2 heterocycles. The van der Waals surface area contributed by atoms with Crippen LogP contribution in [-0.4, -0.2) is 16.6 Å². The van der Waals surface area contributed by atoms with Crippen molar-refractivity contribution in [1.29, 1.82) is 0 Å². The van der Waals surface area contributed by atoms with Gasteiger partial charge < -0.3 is 20.6 Å². The second kappa shape index (κ2) is 4.91. The van der Waals surface area contributed by atoms with E-state index in [9.17, 15) is 5.11 Å². The highest BCUT2D eigenvalue weighted by Gasteiger charge is 2.10. The van der Waals surface area contributed by atoms with Crippen LogP contribution < -0.4 is 11.1 Å². The Bertz CT molecular complexity index is 678. The Labute approximate surface area is 113 Å². The summed E-state index contributed by atoms with van der Waals surface area (Å²) in [7, 11) is 0. The molecule has 98 valence electrons. The third-order valence-corrected chi connectivity index (χ3v) is 3.49. The second-order valence-electron chi connectivity index (χ2n) is 4.20. The number of nitrogen functional groups attached to an aromatic ring is 1. The van der Waals surface area contributed by atoms with E-state index in [1.165, 1.54) is 0 Å². The van der Waals surface area contributed by atoms with Crippen LogP contribution in [0.5, 0.6) is 0 Å². The lowest BCUT2D eigenvalue weighted by Gasteiger charge is -2.08. The molecule has 2 aromatic heterocycles. The van der Waals surface area contributed by atoms with Gasteiger partial charge in [0.05, 0.1) is 6.10 Å². The van der Waals surface area contributed by atoms with E-state index in [0.717, 1.165) is 11.1 Å². The van der Waals surface area contributed by atoms with Crippen LogP contribution in [0.4, 0.5) is 11.7 Å². The lowest BCUT2D eigenvalue weighted by Crippen LogP contribution is -2.11. The maximum atomic E-state index is 9.94. The van der Waals surface area contributed by atoms with Gasteiger partial charge in [0.1, 0.15) is 5.52 Å². The van der Waals surface area contributed by atoms with Crippen molar-refractivity contribution in [2.45, 2.75) is 6.10 Å². The Hall–Kier alpha value is -2.05. The Balaban J connectivity index is 1.71. The molecule has 4 N–H and O–H groups in total. The average Bonchev–Trinajstić information content (AvgIpc) is 3.04. The van der Waals surface area contributed by atoms with Crippen LogP contribution >= 0.6 is 11.3 Å². The number of thiophene rings is 1. The zero-order valence-electron chi connectivity index (χ0n) is 10.0. The highest BCUT2D eigenvalue weighted by Crippen LogP contribution is 2.22. The van der Waals surface area contributed by atoms with Gasteiger partial charge >= 0.3 is 0 Å². The molecule has 0 saturated carbocycles. The van der Waals surface area contributed by atoms with Crippen LogP contribution in [0, 0.1) is 0 Å². The average molecular weight is 275 g/mol. The summed E-state index contributed by atoms with van der Waals surface area (Å²) in [4.78, 5) is 4.27. The number of nitrogens with one attached hydrogen (secondary N) is 1. The van der Waals surface area contributed by atoms with E-state index in [1.54, 1.807) is 29.5 Å². The number of rotatable bonds is 4. The summed E-state index contributed by atoms with van der Waals surface area (Å²) in [5, 5.41) is 16.8. The number of anilines is 2. The number of oxazole rings is 1. The lowest BCUT2D eigenvalue weighted by atomic mass is 10.2. The molecule has 1 atom stereocenters. The molecule has 0 amide bonds. The van der Waals surface area contributed by atoms with Crippen LogP contribution in [-0.2, 0) is 0 Å². The van der Waals surface area contributed by atoms with Crippen molar-refractivity contribution in [2.24, 2.45) is 0 Å². The second-order valence-corrected chi connectivity index (χ2v) is 4.98. The van der Waals surface area contributed by atoms with Crippen molar-refractivity contribution in [3.05, 3.63) is 40.6 Å². The van der Waals surface area contributed by atoms with Crippen LogP contribution in [0.15, 0.2) is 39.4 Å². The fraction of sp³-hybridized carbons (Fsp3) is 0.154. The minimum absolute atomic E-state index is 0.346. The van der Waals surface area contributed by atoms with Crippen molar-refractivity contribution in [2.75, 3.05) is 17.6 Å². The van der Waals surface area contributed by atoms with Crippen molar-refractivity contribution >= 4 is 34.1 Å². The number of aromatic nitrogens is 1. The molecule has 0 aliphatic rings. The first-order chi connectivity index (χ1) is 9.22. The van der Waals surface area contributed by atoms with E-state index in [0.29, 0.717) is 23.8 Å². The molecule has 0 aliphatic heterocycles.